The molecule has 38 heavy (non-hydrogen) atoms. The van der Waals surface area contributed by atoms with Crippen LogP contribution in [0.25, 0.3) is 0 Å². The molecule has 1 heterocycles. The summed E-state index contributed by atoms with van der Waals surface area (Å²) in [5, 5.41) is 11.8. The van der Waals surface area contributed by atoms with Gasteiger partial charge in [0.15, 0.2) is 23.3 Å². The number of amides is 1. The topological polar surface area (TPSA) is 80.2 Å². The maximum atomic E-state index is 13.8. The number of aliphatic hydroxyl groups excluding tert-OH is 1. The molecule has 0 aromatic heterocycles. The largest absolute Gasteiger partial charge is 0.494 e. The van der Waals surface area contributed by atoms with Gasteiger partial charge in [0.2, 0.25) is 5.90 Å². The van der Waals surface area contributed by atoms with Crippen molar-refractivity contribution in [2.24, 2.45) is 4.99 Å². The van der Waals surface area contributed by atoms with Gasteiger partial charge in [0, 0.05) is 41.6 Å². The molecule has 0 fully saturated rings. The first-order valence-electron chi connectivity index (χ1n) is 12.1. The van der Waals surface area contributed by atoms with Gasteiger partial charge in [-0.1, -0.05) is 46.3 Å². The molecular weight excluding hydrogens is 558 g/mol. The quantitative estimate of drug-likeness (QED) is 0.226. The highest BCUT2D eigenvalue weighted by atomic mass is 79.9. The molecule has 4 rings (SSSR count). The highest BCUT2D eigenvalue weighted by molar-refractivity contribution is 9.10. The molecule has 0 saturated heterocycles. The van der Waals surface area contributed by atoms with Gasteiger partial charge in [0.1, 0.15) is 5.75 Å². The number of aliphatic imine (C=N–C) groups is 1. The highest BCUT2D eigenvalue weighted by Gasteiger charge is 2.52. The molecule has 0 saturated carbocycles. The smallest absolute Gasteiger partial charge is 0.252 e. The Kier molecular flexibility index (Phi) is 8.91. The van der Waals surface area contributed by atoms with Gasteiger partial charge >= 0.3 is 0 Å². The third kappa shape index (κ3) is 5.95. The summed E-state index contributed by atoms with van der Waals surface area (Å²) in [6, 6.07) is 18.0. The number of hydrogen-bond donors (Lipinski definition) is 2. The van der Waals surface area contributed by atoms with Crippen LogP contribution >= 0.6 is 15.9 Å². The normalized spacial score (nSPS) is 18.4. The van der Waals surface area contributed by atoms with E-state index in [0.29, 0.717) is 29.9 Å². The summed E-state index contributed by atoms with van der Waals surface area (Å²) in [5.74, 6) is -1.48. The summed E-state index contributed by atoms with van der Waals surface area (Å²) in [4.78, 5) is 18.6. The van der Waals surface area contributed by atoms with Gasteiger partial charge in [-0.2, -0.15) is 0 Å². The van der Waals surface area contributed by atoms with E-state index in [4.69, 9.17) is 19.6 Å². The summed E-state index contributed by atoms with van der Waals surface area (Å²) in [5.41, 5.74) is 0.370. The summed E-state index contributed by atoms with van der Waals surface area (Å²) >= 11 is 3.56. The number of benzene rings is 3. The van der Waals surface area contributed by atoms with Crippen LogP contribution in [0.5, 0.6) is 5.75 Å². The van der Waals surface area contributed by atoms with Gasteiger partial charge in [0.25, 0.3) is 5.91 Å². The number of aliphatic hydroxyl groups is 1. The van der Waals surface area contributed by atoms with Crippen LogP contribution in [0, 0.1) is 11.6 Å². The van der Waals surface area contributed by atoms with Crippen molar-refractivity contribution in [3.8, 4) is 5.75 Å². The van der Waals surface area contributed by atoms with Crippen LogP contribution in [0.15, 0.2) is 88.9 Å². The Morgan fingerprint density at radius 1 is 1.16 bits per heavy atom. The minimum Gasteiger partial charge on any atom is -0.494 e. The molecule has 1 aliphatic heterocycles. The molecule has 1 amide bonds. The molecule has 0 aliphatic carbocycles. The lowest BCUT2D eigenvalue weighted by Gasteiger charge is -2.30. The second-order valence-corrected chi connectivity index (χ2v) is 9.59. The van der Waals surface area contributed by atoms with Gasteiger partial charge in [-0.3, -0.25) is 4.79 Å². The first-order valence-corrected chi connectivity index (χ1v) is 12.9. The summed E-state index contributed by atoms with van der Waals surface area (Å²) < 4.78 is 39.8. The Morgan fingerprint density at radius 3 is 2.61 bits per heavy atom. The molecule has 9 heteroatoms. The van der Waals surface area contributed by atoms with Crippen molar-refractivity contribution in [2.75, 3.05) is 13.2 Å². The van der Waals surface area contributed by atoms with E-state index in [0.717, 1.165) is 22.2 Å². The van der Waals surface area contributed by atoms with Crippen LogP contribution < -0.4 is 10.1 Å². The van der Waals surface area contributed by atoms with Gasteiger partial charge in [0.05, 0.1) is 6.61 Å². The number of ether oxygens (including phenoxy) is 2. The monoisotopic (exact) mass is 584 g/mol. The third-order valence-electron chi connectivity index (χ3n) is 6.11. The Hall–Kier alpha value is -3.56. The summed E-state index contributed by atoms with van der Waals surface area (Å²) in [6.07, 6.45) is 1.50. The fraction of sp³-hybridized carbons (Fsp3) is 0.241. The van der Waals surface area contributed by atoms with Crippen molar-refractivity contribution < 1.29 is 28.2 Å². The first kappa shape index (κ1) is 27.5. The molecule has 1 aliphatic rings. The SMILES string of the molecule is C=CC[C@@]1(C(=O)NCc2ccc(F)c(F)c2)N=C(c2ccc(OCCCO)cc2)O[C@@H]1c1ccccc1Br. The van der Waals surface area contributed by atoms with Crippen molar-refractivity contribution in [1.82, 2.24) is 5.32 Å². The molecule has 2 N–H and O–H groups in total. The standard InChI is InChI=1S/C29H27BrF2N2O4/c1-2-14-29(28(36)33-18-19-8-13-24(31)25(32)17-19)26(22-6-3-4-7-23(22)30)38-27(34-29)20-9-11-21(12-10-20)37-16-5-15-35/h2-4,6-13,17,26,35H,1,5,14-16,18H2,(H,33,36)/t26-,29-/m1/s1. The van der Waals surface area contributed by atoms with E-state index in [2.05, 4.69) is 27.8 Å². The first-order chi connectivity index (χ1) is 18.4. The molecule has 6 nitrogen and oxygen atoms in total. The van der Waals surface area contributed by atoms with Gasteiger partial charge in [-0.25, -0.2) is 13.8 Å². The van der Waals surface area contributed by atoms with E-state index in [1.165, 1.54) is 6.07 Å². The molecule has 2 atom stereocenters. The van der Waals surface area contributed by atoms with Crippen molar-refractivity contribution in [2.45, 2.75) is 31.0 Å². The Morgan fingerprint density at radius 2 is 1.92 bits per heavy atom. The van der Waals surface area contributed by atoms with Gasteiger partial charge < -0.3 is 19.9 Å². The predicted octanol–water partition coefficient (Wildman–Crippen LogP) is 5.64. The fourth-order valence-electron chi connectivity index (χ4n) is 4.18. The maximum Gasteiger partial charge on any atom is 0.252 e. The van der Waals surface area contributed by atoms with E-state index >= 15 is 0 Å². The third-order valence-corrected chi connectivity index (χ3v) is 6.83. The zero-order valence-electron chi connectivity index (χ0n) is 20.5. The number of hydrogen-bond acceptors (Lipinski definition) is 5. The van der Waals surface area contributed by atoms with Crippen LogP contribution in [0.3, 0.4) is 0 Å². The second kappa shape index (κ2) is 12.3. The summed E-state index contributed by atoms with van der Waals surface area (Å²) in [7, 11) is 0. The molecule has 0 bridgehead atoms. The van der Waals surface area contributed by atoms with Crippen molar-refractivity contribution in [3.63, 3.8) is 0 Å². The van der Waals surface area contributed by atoms with Crippen molar-refractivity contribution >= 4 is 27.7 Å². The average molecular weight is 585 g/mol. The summed E-state index contributed by atoms with van der Waals surface area (Å²) in [6.45, 7) is 4.25. The highest BCUT2D eigenvalue weighted by Crippen LogP contribution is 2.44. The Labute approximate surface area is 228 Å². The van der Waals surface area contributed by atoms with Crippen LogP contribution in [0.1, 0.15) is 35.6 Å². The molecule has 3 aromatic carbocycles. The van der Waals surface area contributed by atoms with E-state index < -0.39 is 29.2 Å². The zero-order valence-corrected chi connectivity index (χ0v) is 22.1. The maximum absolute atomic E-state index is 13.8. The number of nitrogens with one attached hydrogen (secondary N) is 1. The van der Waals surface area contributed by atoms with Crippen molar-refractivity contribution in [1.29, 1.82) is 0 Å². The van der Waals surface area contributed by atoms with Crippen LogP contribution in [0.2, 0.25) is 0 Å². The van der Waals surface area contributed by atoms with Crippen LogP contribution in [-0.2, 0) is 16.1 Å². The van der Waals surface area contributed by atoms with Crippen molar-refractivity contribution in [3.05, 3.63) is 112 Å². The van der Waals surface area contributed by atoms with Crippen LogP contribution in [-0.4, -0.2) is 35.7 Å². The molecule has 0 radical (unpaired) electrons. The van der Waals surface area contributed by atoms with Gasteiger partial charge in [-0.15, -0.1) is 6.58 Å². The Balaban J connectivity index is 1.67. The van der Waals surface area contributed by atoms with E-state index in [1.54, 1.807) is 30.3 Å². The lowest BCUT2D eigenvalue weighted by Crippen LogP contribution is -2.47. The zero-order chi connectivity index (χ0) is 27.1. The predicted molar refractivity (Wildman–Crippen MR) is 144 cm³/mol. The second-order valence-electron chi connectivity index (χ2n) is 8.73. The number of nitrogens with zero attached hydrogens (tertiary/aromatic N) is 1. The van der Waals surface area contributed by atoms with E-state index in [-0.39, 0.29) is 25.5 Å². The van der Waals surface area contributed by atoms with E-state index in [1.807, 2.05) is 24.3 Å². The fourth-order valence-corrected chi connectivity index (χ4v) is 4.68. The molecule has 198 valence electrons. The minimum absolute atomic E-state index is 0.0255. The Bertz CT molecular complexity index is 1330. The minimum atomic E-state index is -1.41. The molecule has 0 unspecified atom stereocenters. The number of carbonyl (C=O) groups is 1. The lowest BCUT2D eigenvalue weighted by atomic mass is 9.84. The molecule has 3 aromatic rings. The van der Waals surface area contributed by atoms with Gasteiger partial charge in [-0.05, 0) is 48.0 Å². The van der Waals surface area contributed by atoms with E-state index in [9.17, 15) is 13.6 Å². The number of halogens is 3. The number of carbonyl (C=O) groups excluding carboxylic acids is 1. The number of rotatable bonds is 11. The lowest BCUT2D eigenvalue weighted by molar-refractivity contribution is -0.129. The molecular formula is C29H27BrF2N2O4. The average Bonchev–Trinajstić information content (AvgIpc) is 3.30. The van der Waals surface area contributed by atoms with Crippen LogP contribution in [0.4, 0.5) is 8.78 Å². The molecule has 0 spiro atoms.